The average Bonchev–Trinajstić information content (AvgIpc) is 2.67. The van der Waals surface area contributed by atoms with E-state index in [1.165, 1.54) is 32.1 Å². The number of ether oxygens (including phenoxy) is 2. The summed E-state index contributed by atoms with van der Waals surface area (Å²) in [6, 6.07) is 7.48. The molecule has 1 aromatic carbocycles. The maximum atomic E-state index is 12.4. The Morgan fingerprint density at radius 1 is 1.07 bits per heavy atom. The van der Waals surface area contributed by atoms with Crippen LogP contribution >= 0.6 is 12.2 Å². The molecule has 154 valence electrons. The molecular weight excluding hydrogens is 372 g/mol. The zero-order chi connectivity index (χ0) is 20.4. The minimum absolute atomic E-state index is 0.331. The second-order valence-electron chi connectivity index (χ2n) is 6.98. The number of hydrogen-bond acceptors (Lipinski definition) is 4. The van der Waals surface area contributed by atoms with Crippen LogP contribution in [-0.4, -0.2) is 24.3 Å². The fraction of sp³-hybridized carbons (Fsp3) is 0.545. The van der Waals surface area contributed by atoms with Crippen LogP contribution in [0, 0.1) is 0 Å². The van der Waals surface area contributed by atoms with E-state index in [2.05, 4.69) is 17.6 Å². The standard InChI is InChI=1S/C22H32N2O3S/c1-4-6-7-8-9-10-15-27-18-13-11-17(12-14-18)20-19(21(25)26-5-2)16(3)23-22(28)24-20/h11-14,20H,4-10,15H2,1-3H3,(H2,23,24,28)/t20-/m0/s1. The van der Waals surface area contributed by atoms with Crippen LogP contribution < -0.4 is 15.4 Å². The van der Waals surface area contributed by atoms with E-state index in [1.54, 1.807) is 6.92 Å². The van der Waals surface area contributed by atoms with Crippen molar-refractivity contribution in [2.75, 3.05) is 13.2 Å². The highest BCUT2D eigenvalue weighted by atomic mass is 32.1. The molecule has 0 fully saturated rings. The molecule has 0 aliphatic carbocycles. The third-order valence-electron chi connectivity index (χ3n) is 4.74. The lowest BCUT2D eigenvalue weighted by Crippen LogP contribution is -2.45. The van der Waals surface area contributed by atoms with Crippen molar-refractivity contribution >= 4 is 23.3 Å². The van der Waals surface area contributed by atoms with E-state index < -0.39 is 0 Å². The van der Waals surface area contributed by atoms with E-state index in [1.807, 2.05) is 31.2 Å². The predicted molar refractivity (Wildman–Crippen MR) is 116 cm³/mol. The minimum atomic E-state index is -0.337. The van der Waals surface area contributed by atoms with Gasteiger partial charge in [0, 0.05) is 5.70 Å². The maximum absolute atomic E-state index is 12.4. The molecule has 0 bridgehead atoms. The molecule has 0 unspecified atom stereocenters. The second kappa shape index (κ2) is 11.7. The largest absolute Gasteiger partial charge is 0.494 e. The molecule has 0 spiro atoms. The number of unbranched alkanes of at least 4 members (excludes halogenated alkanes) is 5. The van der Waals surface area contributed by atoms with Crippen molar-refractivity contribution in [3.8, 4) is 5.75 Å². The Bertz CT molecular complexity index is 686. The number of benzene rings is 1. The van der Waals surface area contributed by atoms with Gasteiger partial charge in [0.15, 0.2) is 5.11 Å². The van der Waals surface area contributed by atoms with Crippen LogP contribution in [0.2, 0.25) is 0 Å². The van der Waals surface area contributed by atoms with Gasteiger partial charge >= 0.3 is 5.97 Å². The van der Waals surface area contributed by atoms with Crippen molar-refractivity contribution in [1.29, 1.82) is 0 Å². The molecule has 6 heteroatoms. The number of allylic oxidation sites excluding steroid dienone is 1. The second-order valence-corrected chi connectivity index (χ2v) is 7.38. The number of hydrogen-bond donors (Lipinski definition) is 2. The summed E-state index contributed by atoms with van der Waals surface area (Å²) in [5, 5.41) is 6.68. The summed E-state index contributed by atoms with van der Waals surface area (Å²) in [7, 11) is 0. The summed E-state index contributed by atoms with van der Waals surface area (Å²) in [5.41, 5.74) is 2.21. The normalized spacial score (nSPS) is 16.4. The molecule has 1 aliphatic rings. The number of rotatable bonds is 11. The van der Waals surface area contributed by atoms with Gasteiger partial charge in [0.05, 0.1) is 24.8 Å². The van der Waals surface area contributed by atoms with Crippen molar-refractivity contribution in [2.45, 2.75) is 65.3 Å². The lowest BCUT2D eigenvalue weighted by Gasteiger charge is -2.29. The Morgan fingerprint density at radius 3 is 2.43 bits per heavy atom. The predicted octanol–water partition coefficient (Wildman–Crippen LogP) is 4.78. The Balaban J connectivity index is 1.96. The monoisotopic (exact) mass is 404 g/mol. The van der Waals surface area contributed by atoms with Crippen LogP contribution in [0.1, 0.15) is 70.9 Å². The highest BCUT2D eigenvalue weighted by molar-refractivity contribution is 7.80. The Morgan fingerprint density at radius 2 is 1.75 bits per heavy atom. The van der Waals surface area contributed by atoms with Gasteiger partial charge in [0.2, 0.25) is 0 Å². The van der Waals surface area contributed by atoms with Crippen molar-refractivity contribution in [3.05, 3.63) is 41.1 Å². The van der Waals surface area contributed by atoms with Crippen LogP contribution in [0.25, 0.3) is 0 Å². The number of carbonyl (C=O) groups excluding carboxylic acids is 1. The molecule has 0 amide bonds. The molecule has 0 saturated heterocycles. The number of thiocarbonyl (C=S) groups is 1. The van der Waals surface area contributed by atoms with Gasteiger partial charge in [-0.05, 0) is 50.2 Å². The molecule has 1 aromatic rings. The molecule has 0 aromatic heterocycles. The molecule has 1 atom stereocenters. The van der Waals surface area contributed by atoms with Crippen LogP contribution in [0.5, 0.6) is 5.75 Å². The first-order valence-electron chi connectivity index (χ1n) is 10.2. The fourth-order valence-electron chi connectivity index (χ4n) is 3.25. The van der Waals surface area contributed by atoms with Crippen LogP contribution in [0.3, 0.4) is 0 Å². The van der Waals surface area contributed by atoms with Gasteiger partial charge in [0.25, 0.3) is 0 Å². The van der Waals surface area contributed by atoms with Crippen LogP contribution in [-0.2, 0) is 9.53 Å². The smallest absolute Gasteiger partial charge is 0.338 e. The average molecular weight is 405 g/mol. The number of carbonyl (C=O) groups is 1. The zero-order valence-corrected chi connectivity index (χ0v) is 18.0. The molecule has 2 rings (SSSR count). The SMILES string of the molecule is CCCCCCCCOc1ccc([C@@H]2NC(=S)NC(C)=C2C(=O)OCC)cc1. The Kier molecular flexibility index (Phi) is 9.28. The molecule has 0 saturated carbocycles. The third kappa shape index (κ3) is 6.51. The van der Waals surface area contributed by atoms with E-state index in [-0.39, 0.29) is 12.0 Å². The van der Waals surface area contributed by atoms with Gasteiger partial charge in [-0.3, -0.25) is 0 Å². The summed E-state index contributed by atoms with van der Waals surface area (Å²) in [6.07, 6.45) is 7.46. The maximum Gasteiger partial charge on any atom is 0.338 e. The minimum Gasteiger partial charge on any atom is -0.494 e. The quantitative estimate of drug-likeness (QED) is 0.314. The van der Waals surface area contributed by atoms with E-state index in [9.17, 15) is 4.79 Å². The molecule has 1 heterocycles. The number of esters is 1. The van der Waals surface area contributed by atoms with E-state index in [0.29, 0.717) is 17.3 Å². The van der Waals surface area contributed by atoms with Gasteiger partial charge in [-0.25, -0.2) is 4.79 Å². The summed E-state index contributed by atoms with van der Waals surface area (Å²) in [5.74, 6) is 0.503. The van der Waals surface area contributed by atoms with E-state index in [4.69, 9.17) is 21.7 Å². The lowest BCUT2D eigenvalue weighted by atomic mass is 9.95. The molecule has 0 radical (unpaired) electrons. The van der Waals surface area contributed by atoms with Gasteiger partial charge in [-0.15, -0.1) is 0 Å². The third-order valence-corrected chi connectivity index (χ3v) is 4.96. The van der Waals surface area contributed by atoms with Crippen LogP contribution in [0.15, 0.2) is 35.5 Å². The first-order valence-corrected chi connectivity index (χ1v) is 10.7. The van der Waals surface area contributed by atoms with Gasteiger partial charge in [0.1, 0.15) is 5.75 Å². The molecule has 1 aliphatic heterocycles. The van der Waals surface area contributed by atoms with Crippen molar-refractivity contribution in [2.24, 2.45) is 0 Å². The van der Waals surface area contributed by atoms with Gasteiger partial charge in [-0.1, -0.05) is 51.2 Å². The van der Waals surface area contributed by atoms with Gasteiger partial charge in [-0.2, -0.15) is 0 Å². The van der Waals surface area contributed by atoms with Gasteiger partial charge < -0.3 is 20.1 Å². The summed E-state index contributed by atoms with van der Waals surface area (Å²) < 4.78 is 11.1. The summed E-state index contributed by atoms with van der Waals surface area (Å²) in [4.78, 5) is 12.4. The van der Waals surface area contributed by atoms with Crippen molar-refractivity contribution < 1.29 is 14.3 Å². The van der Waals surface area contributed by atoms with Crippen molar-refractivity contribution in [3.63, 3.8) is 0 Å². The first-order chi connectivity index (χ1) is 13.6. The number of nitrogens with one attached hydrogen (secondary N) is 2. The molecular formula is C22H32N2O3S. The van der Waals surface area contributed by atoms with Crippen LogP contribution in [0.4, 0.5) is 0 Å². The topological polar surface area (TPSA) is 59.6 Å². The van der Waals surface area contributed by atoms with E-state index >= 15 is 0 Å². The zero-order valence-electron chi connectivity index (χ0n) is 17.2. The van der Waals surface area contributed by atoms with E-state index in [0.717, 1.165) is 30.0 Å². The fourth-order valence-corrected chi connectivity index (χ4v) is 3.52. The molecule has 2 N–H and O–H groups in total. The molecule has 5 nitrogen and oxygen atoms in total. The van der Waals surface area contributed by atoms with Crippen molar-refractivity contribution in [1.82, 2.24) is 10.6 Å². The summed E-state index contributed by atoms with van der Waals surface area (Å²) >= 11 is 5.27. The Labute approximate surface area is 173 Å². The first kappa shape index (κ1) is 22.2. The lowest BCUT2D eigenvalue weighted by molar-refractivity contribution is -0.139. The summed E-state index contributed by atoms with van der Waals surface area (Å²) in [6.45, 7) is 6.93. The highest BCUT2D eigenvalue weighted by Gasteiger charge is 2.30. The molecule has 28 heavy (non-hydrogen) atoms. The highest BCUT2D eigenvalue weighted by Crippen LogP contribution is 2.29. The Hall–Kier alpha value is -2.08.